The van der Waals surface area contributed by atoms with Gasteiger partial charge in [-0.25, -0.2) is 0 Å². The lowest BCUT2D eigenvalue weighted by Crippen LogP contribution is -2.45. The molecule has 2 unspecified atom stereocenters. The summed E-state index contributed by atoms with van der Waals surface area (Å²) < 4.78 is 5.49. The van der Waals surface area contributed by atoms with E-state index < -0.39 is 12.1 Å². The number of aliphatic hydroxyl groups excluding tert-OH is 2. The van der Waals surface area contributed by atoms with Crippen LogP contribution in [0.3, 0.4) is 0 Å². The molecule has 0 heterocycles. The van der Waals surface area contributed by atoms with Gasteiger partial charge >= 0.3 is 5.97 Å². The number of amides is 1. The number of ether oxygens (including phenoxy) is 1. The van der Waals surface area contributed by atoms with Gasteiger partial charge < -0.3 is 20.3 Å². The number of unbranched alkanes of at least 4 members (excludes halogenated alkanes) is 42. The van der Waals surface area contributed by atoms with Gasteiger partial charge in [0, 0.05) is 12.8 Å². The summed E-state index contributed by atoms with van der Waals surface area (Å²) >= 11 is 0. The van der Waals surface area contributed by atoms with Crippen LogP contribution >= 0.6 is 0 Å². The molecular weight excluding hydrogens is 803 g/mol. The van der Waals surface area contributed by atoms with Crippen LogP contribution in [0.4, 0.5) is 0 Å². The molecule has 0 aliphatic heterocycles. The largest absolute Gasteiger partial charge is 0.466 e. The molecule has 0 aliphatic carbocycles. The lowest BCUT2D eigenvalue weighted by atomic mass is 10.0. The predicted molar refractivity (Wildman–Crippen MR) is 283 cm³/mol. The average Bonchev–Trinajstić information content (AvgIpc) is 3.31. The number of hydrogen-bond acceptors (Lipinski definition) is 5. The van der Waals surface area contributed by atoms with E-state index in [2.05, 4.69) is 31.3 Å². The molecule has 1 amide bonds. The third-order valence-corrected chi connectivity index (χ3v) is 13.8. The van der Waals surface area contributed by atoms with E-state index in [1.807, 2.05) is 0 Å². The first-order chi connectivity index (χ1) is 32.0. The summed E-state index contributed by atoms with van der Waals surface area (Å²) in [6.07, 6.45) is 65.0. The fraction of sp³-hybridized carbons (Fsp3) is 0.932. The van der Waals surface area contributed by atoms with Crippen LogP contribution in [0, 0.1) is 0 Å². The Morgan fingerprint density at radius 1 is 0.415 bits per heavy atom. The molecule has 0 aromatic carbocycles. The monoisotopic (exact) mass is 918 g/mol. The zero-order valence-electron chi connectivity index (χ0n) is 44.0. The van der Waals surface area contributed by atoms with Gasteiger partial charge in [0.2, 0.25) is 5.91 Å². The van der Waals surface area contributed by atoms with Crippen LogP contribution in [0.5, 0.6) is 0 Å². The second-order valence-corrected chi connectivity index (χ2v) is 20.3. The maximum atomic E-state index is 12.4. The van der Waals surface area contributed by atoms with Gasteiger partial charge in [0.05, 0.1) is 25.4 Å². The molecule has 0 saturated heterocycles. The minimum atomic E-state index is -0.668. The molecular formula is C59H115NO5. The molecule has 0 bridgehead atoms. The first kappa shape index (κ1) is 63.6. The number of carbonyl (C=O) groups excluding carboxylic acids is 2. The van der Waals surface area contributed by atoms with Gasteiger partial charge in [-0.15, -0.1) is 0 Å². The first-order valence-corrected chi connectivity index (χ1v) is 29.4. The number of esters is 1. The van der Waals surface area contributed by atoms with Crippen LogP contribution in [-0.4, -0.2) is 47.4 Å². The molecule has 0 aromatic rings. The van der Waals surface area contributed by atoms with Gasteiger partial charge in [0.15, 0.2) is 0 Å². The quantitative estimate of drug-likeness (QED) is 0.0321. The Balaban J connectivity index is 3.38. The zero-order valence-corrected chi connectivity index (χ0v) is 44.0. The van der Waals surface area contributed by atoms with E-state index in [4.69, 9.17) is 4.74 Å². The van der Waals surface area contributed by atoms with E-state index in [-0.39, 0.29) is 18.5 Å². The minimum absolute atomic E-state index is 0.00904. The second-order valence-electron chi connectivity index (χ2n) is 20.3. The van der Waals surface area contributed by atoms with Crippen LogP contribution < -0.4 is 5.32 Å². The highest BCUT2D eigenvalue weighted by molar-refractivity contribution is 5.76. The second kappa shape index (κ2) is 55.2. The normalized spacial score (nSPS) is 12.6. The fourth-order valence-corrected chi connectivity index (χ4v) is 9.28. The Bertz CT molecular complexity index is 970. The molecule has 6 heteroatoms. The summed E-state index contributed by atoms with van der Waals surface area (Å²) in [5.74, 6) is -0.0361. The van der Waals surface area contributed by atoms with Crippen LogP contribution in [0.2, 0.25) is 0 Å². The zero-order chi connectivity index (χ0) is 47.2. The van der Waals surface area contributed by atoms with Gasteiger partial charge in [-0.2, -0.15) is 0 Å². The molecule has 0 aliphatic rings. The van der Waals surface area contributed by atoms with Crippen LogP contribution in [0.25, 0.3) is 0 Å². The van der Waals surface area contributed by atoms with Crippen LogP contribution in [0.15, 0.2) is 12.2 Å². The van der Waals surface area contributed by atoms with Crippen molar-refractivity contribution in [3.8, 4) is 0 Å². The Morgan fingerprint density at radius 3 is 1.09 bits per heavy atom. The fourth-order valence-electron chi connectivity index (χ4n) is 9.28. The van der Waals surface area contributed by atoms with E-state index >= 15 is 0 Å². The molecule has 386 valence electrons. The molecule has 0 fully saturated rings. The number of carbonyl (C=O) groups is 2. The van der Waals surface area contributed by atoms with Crippen molar-refractivity contribution in [2.24, 2.45) is 0 Å². The number of rotatable bonds is 55. The highest BCUT2D eigenvalue weighted by Crippen LogP contribution is 2.17. The van der Waals surface area contributed by atoms with Crippen molar-refractivity contribution >= 4 is 11.9 Å². The van der Waals surface area contributed by atoms with Gasteiger partial charge in [0.1, 0.15) is 0 Å². The summed E-state index contributed by atoms with van der Waals surface area (Å²) in [5.41, 5.74) is 0. The summed E-state index contributed by atoms with van der Waals surface area (Å²) in [5, 5.41) is 23.1. The molecule has 3 N–H and O–H groups in total. The van der Waals surface area contributed by atoms with E-state index in [0.29, 0.717) is 25.9 Å². The third kappa shape index (κ3) is 51.8. The van der Waals surface area contributed by atoms with Crippen molar-refractivity contribution < 1.29 is 24.5 Å². The van der Waals surface area contributed by atoms with Crippen molar-refractivity contribution in [3.05, 3.63) is 12.2 Å². The van der Waals surface area contributed by atoms with Crippen LogP contribution in [-0.2, 0) is 14.3 Å². The number of aliphatic hydroxyl groups is 2. The predicted octanol–water partition coefficient (Wildman–Crippen LogP) is 18.1. The lowest BCUT2D eigenvalue weighted by Gasteiger charge is -2.22. The number of allylic oxidation sites excluding steroid dienone is 2. The molecule has 0 saturated carbocycles. The summed E-state index contributed by atoms with van der Waals surface area (Å²) in [6, 6.07) is -0.546. The topological polar surface area (TPSA) is 95.9 Å². The van der Waals surface area contributed by atoms with Crippen molar-refractivity contribution in [1.82, 2.24) is 5.32 Å². The van der Waals surface area contributed by atoms with E-state index in [9.17, 15) is 19.8 Å². The van der Waals surface area contributed by atoms with Crippen molar-refractivity contribution in [1.29, 1.82) is 0 Å². The van der Waals surface area contributed by atoms with Crippen molar-refractivity contribution in [2.75, 3.05) is 13.2 Å². The molecule has 0 rings (SSSR count). The van der Waals surface area contributed by atoms with Gasteiger partial charge in [0.25, 0.3) is 0 Å². The van der Waals surface area contributed by atoms with Gasteiger partial charge in [-0.05, 0) is 51.4 Å². The Hall–Kier alpha value is -1.40. The van der Waals surface area contributed by atoms with Crippen molar-refractivity contribution in [3.63, 3.8) is 0 Å². The average molecular weight is 919 g/mol. The van der Waals surface area contributed by atoms with Gasteiger partial charge in [-0.3, -0.25) is 9.59 Å². The highest BCUT2D eigenvalue weighted by Gasteiger charge is 2.20. The molecule has 0 radical (unpaired) electrons. The molecule has 6 nitrogen and oxygen atoms in total. The molecule has 65 heavy (non-hydrogen) atoms. The Labute approximate surface area is 406 Å². The SMILES string of the molecule is CCCCCCCCCCCCCCCCCCCCCC(=O)OCCCCCCCCCC/C=C\CCCCCCCCCC(=O)NC(CO)C(O)CCCCCCCCCCCC. The maximum absolute atomic E-state index is 12.4. The maximum Gasteiger partial charge on any atom is 0.305 e. The first-order valence-electron chi connectivity index (χ1n) is 29.4. The summed E-state index contributed by atoms with van der Waals surface area (Å²) in [4.78, 5) is 24.5. The van der Waals surface area contributed by atoms with Crippen molar-refractivity contribution in [2.45, 2.75) is 341 Å². The van der Waals surface area contributed by atoms with E-state index in [1.54, 1.807) is 0 Å². The lowest BCUT2D eigenvalue weighted by molar-refractivity contribution is -0.143. The van der Waals surface area contributed by atoms with Crippen LogP contribution in [0.1, 0.15) is 328 Å². The Morgan fingerprint density at radius 2 is 0.723 bits per heavy atom. The third-order valence-electron chi connectivity index (χ3n) is 13.8. The van der Waals surface area contributed by atoms with E-state index in [1.165, 1.54) is 257 Å². The minimum Gasteiger partial charge on any atom is -0.466 e. The Kier molecular flexibility index (Phi) is 54.0. The summed E-state index contributed by atoms with van der Waals surface area (Å²) in [6.45, 7) is 4.95. The molecule has 0 spiro atoms. The summed E-state index contributed by atoms with van der Waals surface area (Å²) in [7, 11) is 0. The van der Waals surface area contributed by atoms with E-state index in [0.717, 1.165) is 38.5 Å². The molecule has 0 aromatic heterocycles. The van der Waals surface area contributed by atoms with Gasteiger partial charge in [-0.1, -0.05) is 276 Å². The number of hydrogen-bond donors (Lipinski definition) is 3. The molecule has 2 atom stereocenters. The number of nitrogens with one attached hydrogen (secondary N) is 1. The standard InChI is InChI=1S/C59H115NO5/c1-3-5-7-9-11-13-15-16-17-18-20-24-27-30-33-37-41-45-49-53-59(64)65-54-50-46-42-38-34-31-28-25-22-19-21-23-26-29-32-36-40-44-48-52-58(63)60-56(55-61)57(62)51-47-43-39-35-14-12-10-8-6-4-2/h19,21,56-57,61-62H,3-18,20,22-55H2,1-2H3,(H,60,63)/b21-19-. The smallest absolute Gasteiger partial charge is 0.305 e. The highest BCUT2D eigenvalue weighted by atomic mass is 16.5.